The molecular weight excluding hydrogens is 291 g/mol. The van der Waals surface area contributed by atoms with Crippen molar-refractivity contribution >= 4 is 17.6 Å². The van der Waals surface area contributed by atoms with Crippen molar-refractivity contribution in [2.75, 3.05) is 14.2 Å². The van der Waals surface area contributed by atoms with Crippen molar-refractivity contribution in [3.05, 3.63) is 17.3 Å². The zero-order chi connectivity index (χ0) is 14.6. The number of rotatable bonds is 4. The van der Waals surface area contributed by atoms with E-state index >= 15 is 0 Å². The van der Waals surface area contributed by atoms with Crippen molar-refractivity contribution in [1.82, 2.24) is 4.98 Å². The third-order valence-electron chi connectivity index (χ3n) is 2.05. The van der Waals surface area contributed by atoms with Gasteiger partial charge in [-0.2, -0.15) is 0 Å². The number of ether oxygens (including phenoxy) is 3. The summed E-state index contributed by atoms with van der Waals surface area (Å²) in [5, 5.41) is 0. The fourth-order valence-corrected chi connectivity index (χ4v) is 1.56. The van der Waals surface area contributed by atoms with E-state index in [0.717, 1.165) is 20.4 Å². The lowest BCUT2D eigenvalue weighted by Crippen LogP contribution is -2.20. The summed E-state index contributed by atoms with van der Waals surface area (Å²) in [7, 11) is 2.19. The van der Waals surface area contributed by atoms with Crippen LogP contribution in [-0.2, 0) is 10.6 Å². The zero-order valence-corrected chi connectivity index (χ0v) is 10.6. The number of nitrogens with zero attached hydrogens (tertiary/aromatic N) is 1. The minimum absolute atomic E-state index is 0.210. The molecular formula is C10H9ClF3NO4. The summed E-state index contributed by atoms with van der Waals surface area (Å²) in [6.07, 6.45) is -3.96. The first kappa shape index (κ1) is 15.4. The average Bonchev–Trinajstić information content (AvgIpc) is 2.35. The Morgan fingerprint density at radius 3 is 2.47 bits per heavy atom. The van der Waals surface area contributed by atoms with Gasteiger partial charge in [-0.1, -0.05) is 0 Å². The summed E-state index contributed by atoms with van der Waals surface area (Å²) in [6, 6.07) is 0. The summed E-state index contributed by atoms with van der Waals surface area (Å²) in [5.74, 6) is -2.47. The molecule has 0 saturated carbocycles. The van der Waals surface area contributed by atoms with Crippen LogP contribution in [0.3, 0.4) is 0 Å². The van der Waals surface area contributed by atoms with Crippen LogP contribution in [0.15, 0.2) is 6.20 Å². The van der Waals surface area contributed by atoms with Gasteiger partial charge in [-0.25, -0.2) is 9.78 Å². The van der Waals surface area contributed by atoms with Gasteiger partial charge in [-0.15, -0.1) is 24.8 Å². The fourth-order valence-electron chi connectivity index (χ4n) is 1.30. The molecule has 1 aromatic rings. The summed E-state index contributed by atoms with van der Waals surface area (Å²) in [6.45, 7) is 0. The number of esters is 1. The van der Waals surface area contributed by atoms with Gasteiger partial charge in [0.05, 0.1) is 25.7 Å². The average molecular weight is 300 g/mol. The minimum Gasteiger partial charge on any atom is -0.478 e. The monoisotopic (exact) mass is 299 g/mol. The normalized spacial score (nSPS) is 11.1. The second-order valence-electron chi connectivity index (χ2n) is 3.16. The summed E-state index contributed by atoms with van der Waals surface area (Å²) in [4.78, 5) is 15.0. The Bertz CT molecular complexity index is 479. The highest BCUT2D eigenvalue weighted by Crippen LogP contribution is 2.36. The van der Waals surface area contributed by atoms with Crippen molar-refractivity contribution in [2.45, 2.75) is 12.2 Å². The van der Waals surface area contributed by atoms with Crippen molar-refractivity contribution < 1.29 is 32.2 Å². The standard InChI is InChI=1S/C10H9ClF3NO4/c1-17-8-7(19-10(12,13)14)5(3-11)6(4-15-8)9(16)18-2/h4H,3H2,1-2H3. The van der Waals surface area contributed by atoms with Crippen LogP contribution in [0.4, 0.5) is 13.2 Å². The highest BCUT2D eigenvalue weighted by atomic mass is 35.5. The van der Waals surface area contributed by atoms with E-state index in [0.29, 0.717) is 0 Å². The Kier molecular flexibility index (Phi) is 4.82. The van der Waals surface area contributed by atoms with Crippen molar-refractivity contribution in [3.8, 4) is 11.6 Å². The molecule has 0 aliphatic carbocycles. The Morgan fingerprint density at radius 1 is 1.42 bits per heavy atom. The lowest BCUT2D eigenvalue weighted by atomic mass is 10.1. The Balaban J connectivity index is 3.41. The third kappa shape index (κ3) is 3.63. The van der Waals surface area contributed by atoms with Crippen LogP contribution >= 0.6 is 11.6 Å². The van der Waals surface area contributed by atoms with E-state index in [9.17, 15) is 18.0 Å². The van der Waals surface area contributed by atoms with Crippen molar-refractivity contribution in [3.63, 3.8) is 0 Å². The number of aromatic nitrogens is 1. The second-order valence-corrected chi connectivity index (χ2v) is 3.43. The minimum atomic E-state index is -4.97. The fraction of sp³-hybridized carbons (Fsp3) is 0.400. The maximum absolute atomic E-state index is 12.3. The molecule has 1 aromatic heterocycles. The largest absolute Gasteiger partial charge is 0.573 e. The number of hydrogen-bond acceptors (Lipinski definition) is 5. The van der Waals surface area contributed by atoms with Crippen LogP contribution in [0, 0.1) is 0 Å². The lowest BCUT2D eigenvalue weighted by molar-refractivity contribution is -0.275. The van der Waals surface area contributed by atoms with Crippen LogP contribution < -0.4 is 9.47 Å². The smallest absolute Gasteiger partial charge is 0.478 e. The summed E-state index contributed by atoms with van der Waals surface area (Å²) < 4.78 is 49.9. The Hall–Kier alpha value is -1.70. The lowest BCUT2D eigenvalue weighted by Gasteiger charge is -2.16. The Morgan fingerprint density at radius 2 is 2.05 bits per heavy atom. The van der Waals surface area contributed by atoms with Gasteiger partial charge in [0.25, 0.3) is 5.88 Å². The molecule has 0 saturated heterocycles. The molecule has 1 rings (SSSR count). The molecule has 0 fully saturated rings. The number of halogens is 4. The summed E-state index contributed by atoms with van der Waals surface area (Å²) in [5.41, 5.74) is -0.435. The highest BCUT2D eigenvalue weighted by Gasteiger charge is 2.35. The van der Waals surface area contributed by atoms with Gasteiger partial charge < -0.3 is 14.2 Å². The molecule has 0 amide bonds. The molecule has 0 N–H and O–H groups in total. The predicted molar refractivity (Wildman–Crippen MR) is 58.4 cm³/mol. The molecule has 1 heterocycles. The SMILES string of the molecule is COC(=O)c1cnc(OC)c(OC(F)(F)F)c1CCl. The van der Waals surface area contributed by atoms with Crippen LogP contribution in [0.25, 0.3) is 0 Å². The first-order valence-electron chi connectivity index (χ1n) is 4.80. The van der Waals surface area contributed by atoms with E-state index < -0.39 is 29.8 Å². The van der Waals surface area contributed by atoms with E-state index in [1.165, 1.54) is 0 Å². The molecule has 0 bridgehead atoms. The number of carbonyl (C=O) groups excluding carboxylic acids is 1. The van der Waals surface area contributed by atoms with E-state index in [-0.39, 0.29) is 11.1 Å². The predicted octanol–water partition coefficient (Wildman–Crippen LogP) is 2.51. The molecule has 19 heavy (non-hydrogen) atoms. The van der Waals surface area contributed by atoms with Crippen molar-refractivity contribution in [1.29, 1.82) is 0 Å². The van der Waals surface area contributed by atoms with Gasteiger partial charge in [-0.05, 0) is 0 Å². The molecule has 0 aliphatic rings. The second kappa shape index (κ2) is 5.96. The van der Waals surface area contributed by atoms with Crippen LogP contribution in [-0.4, -0.2) is 31.5 Å². The number of hydrogen-bond donors (Lipinski definition) is 0. The van der Waals surface area contributed by atoms with Crippen molar-refractivity contribution in [2.24, 2.45) is 0 Å². The summed E-state index contributed by atoms with van der Waals surface area (Å²) >= 11 is 5.56. The quantitative estimate of drug-likeness (QED) is 0.631. The number of carbonyl (C=O) groups is 1. The van der Waals surface area contributed by atoms with E-state index in [1.54, 1.807) is 0 Å². The molecule has 0 atom stereocenters. The molecule has 0 aliphatic heterocycles. The maximum atomic E-state index is 12.3. The molecule has 106 valence electrons. The van der Waals surface area contributed by atoms with Crippen LogP contribution in [0.5, 0.6) is 11.6 Å². The molecule has 0 spiro atoms. The van der Waals surface area contributed by atoms with Gasteiger partial charge in [0.15, 0.2) is 5.75 Å². The molecule has 0 unspecified atom stereocenters. The van der Waals surface area contributed by atoms with Crippen LogP contribution in [0.2, 0.25) is 0 Å². The number of pyridine rings is 1. The van der Waals surface area contributed by atoms with Gasteiger partial charge in [0.1, 0.15) is 0 Å². The number of methoxy groups -OCH3 is 2. The molecule has 0 radical (unpaired) electrons. The van der Waals surface area contributed by atoms with Crippen LogP contribution in [0.1, 0.15) is 15.9 Å². The highest BCUT2D eigenvalue weighted by molar-refractivity contribution is 6.18. The first-order chi connectivity index (χ1) is 8.84. The maximum Gasteiger partial charge on any atom is 0.573 e. The zero-order valence-electron chi connectivity index (χ0n) is 9.88. The molecule has 0 aromatic carbocycles. The molecule has 5 nitrogen and oxygen atoms in total. The van der Waals surface area contributed by atoms with E-state index in [2.05, 4.69) is 19.2 Å². The van der Waals surface area contributed by atoms with Gasteiger partial charge in [-0.3, -0.25) is 0 Å². The van der Waals surface area contributed by atoms with E-state index in [4.69, 9.17) is 11.6 Å². The topological polar surface area (TPSA) is 57.7 Å². The van der Waals surface area contributed by atoms with Gasteiger partial charge >= 0.3 is 12.3 Å². The van der Waals surface area contributed by atoms with Gasteiger partial charge in [0, 0.05) is 11.8 Å². The van der Waals surface area contributed by atoms with E-state index in [1.807, 2.05) is 0 Å². The molecule has 9 heteroatoms. The Labute approximate surface area is 111 Å². The van der Waals surface area contributed by atoms with Gasteiger partial charge in [0.2, 0.25) is 0 Å². The third-order valence-corrected chi connectivity index (χ3v) is 2.32. The first-order valence-corrected chi connectivity index (χ1v) is 5.33. The number of alkyl halides is 4.